The van der Waals surface area contributed by atoms with Gasteiger partial charge in [0.2, 0.25) is 5.91 Å². The van der Waals surface area contributed by atoms with Crippen molar-refractivity contribution in [3.05, 3.63) is 65.0 Å². The average molecular weight is 319 g/mol. The zero-order chi connectivity index (χ0) is 16.1. The van der Waals surface area contributed by atoms with Gasteiger partial charge in [-0.15, -0.1) is 0 Å². The van der Waals surface area contributed by atoms with E-state index in [1.807, 2.05) is 32.0 Å². The zero-order valence-electron chi connectivity index (χ0n) is 12.6. The molecule has 2 aromatic carbocycles. The van der Waals surface area contributed by atoms with Gasteiger partial charge in [-0.25, -0.2) is 4.39 Å². The molecule has 0 heterocycles. The second-order valence-corrected chi connectivity index (χ2v) is 6.63. The molecule has 22 heavy (non-hydrogen) atoms. The fraction of sp³-hybridized carbons (Fsp3) is 0.235. The summed E-state index contributed by atoms with van der Waals surface area (Å²) >= 11 is 0. The molecule has 3 nitrogen and oxygen atoms in total. The number of hydrogen-bond donors (Lipinski definition) is 1. The maximum atomic E-state index is 13.1. The third kappa shape index (κ3) is 4.49. The Balaban J connectivity index is 1.96. The Kier molecular flexibility index (Phi) is 5.44. The second-order valence-electron chi connectivity index (χ2n) is 5.17. The molecule has 5 heteroatoms. The minimum atomic E-state index is -1.37. The first-order valence-electron chi connectivity index (χ1n) is 6.91. The molecule has 2 rings (SSSR count). The number of anilines is 1. The van der Waals surface area contributed by atoms with Crippen molar-refractivity contribution in [3.63, 3.8) is 0 Å². The maximum absolute atomic E-state index is 13.1. The van der Waals surface area contributed by atoms with E-state index in [0.717, 1.165) is 16.8 Å². The van der Waals surface area contributed by atoms with Crippen LogP contribution < -0.4 is 5.32 Å². The number of para-hydroxylation sites is 1. The number of hydrogen-bond acceptors (Lipinski definition) is 2. The lowest BCUT2D eigenvalue weighted by atomic mass is 10.1. The van der Waals surface area contributed by atoms with E-state index in [2.05, 4.69) is 5.32 Å². The standard InChI is InChI=1S/C17H18FNO2S/c1-12-5-3-6-13(2)17(12)19-16(20)11-22(21)10-14-7-4-8-15(18)9-14/h3-9H,10-11H2,1-2H3,(H,19,20)/t22-/m0/s1. The van der Waals surface area contributed by atoms with Gasteiger partial charge in [-0.2, -0.15) is 0 Å². The Hall–Kier alpha value is -2.01. The predicted octanol–water partition coefficient (Wildman–Crippen LogP) is 3.33. The third-order valence-corrected chi connectivity index (χ3v) is 4.49. The van der Waals surface area contributed by atoms with Gasteiger partial charge in [0.05, 0.1) is 0 Å². The summed E-state index contributed by atoms with van der Waals surface area (Å²) in [6.45, 7) is 3.82. The summed E-state index contributed by atoms with van der Waals surface area (Å²) in [4.78, 5) is 12.0. The predicted molar refractivity (Wildman–Crippen MR) is 87.7 cm³/mol. The molecule has 1 N–H and O–H groups in total. The number of carbonyl (C=O) groups excluding carboxylic acids is 1. The summed E-state index contributed by atoms with van der Waals surface area (Å²) in [6, 6.07) is 11.7. The summed E-state index contributed by atoms with van der Waals surface area (Å²) < 4.78 is 25.1. The zero-order valence-corrected chi connectivity index (χ0v) is 13.4. The number of rotatable bonds is 5. The number of carbonyl (C=O) groups is 1. The lowest BCUT2D eigenvalue weighted by molar-refractivity contribution is -0.113. The van der Waals surface area contributed by atoms with Crippen molar-refractivity contribution in [3.8, 4) is 0 Å². The molecule has 0 saturated heterocycles. The number of nitrogens with one attached hydrogen (secondary N) is 1. The highest BCUT2D eigenvalue weighted by Gasteiger charge is 2.11. The number of amides is 1. The van der Waals surface area contributed by atoms with Gasteiger partial charge < -0.3 is 5.32 Å². The molecule has 116 valence electrons. The second kappa shape index (κ2) is 7.31. The van der Waals surface area contributed by atoms with Crippen LogP contribution in [0.3, 0.4) is 0 Å². The van der Waals surface area contributed by atoms with Gasteiger partial charge in [-0.05, 0) is 42.7 Å². The van der Waals surface area contributed by atoms with Crippen LogP contribution >= 0.6 is 0 Å². The van der Waals surface area contributed by atoms with Crippen molar-refractivity contribution in [2.45, 2.75) is 19.6 Å². The molecule has 0 aliphatic carbocycles. The average Bonchev–Trinajstić information content (AvgIpc) is 2.43. The Morgan fingerprint density at radius 3 is 2.41 bits per heavy atom. The van der Waals surface area contributed by atoms with Crippen molar-refractivity contribution >= 4 is 22.4 Å². The quantitative estimate of drug-likeness (QED) is 0.919. The molecule has 0 bridgehead atoms. The largest absolute Gasteiger partial charge is 0.325 e. The van der Waals surface area contributed by atoms with Crippen LogP contribution in [0.1, 0.15) is 16.7 Å². The summed E-state index contributed by atoms with van der Waals surface area (Å²) in [5.41, 5.74) is 3.31. The van der Waals surface area contributed by atoms with Gasteiger partial charge in [0.1, 0.15) is 11.6 Å². The first-order valence-corrected chi connectivity index (χ1v) is 8.40. The van der Waals surface area contributed by atoms with E-state index in [4.69, 9.17) is 0 Å². The SMILES string of the molecule is Cc1cccc(C)c1NC(=O)C[S@@](=O)Cc1cccc(F)c1. The number of aryl methyl sites for hydroxylation is 2. The van der Waals surface area contributed by atoms with E-state index < -0.39 is 10.8 Å². The van der Waals surface area contributed by atoms with Crippen LogP contribution in [0.15, 0.2) is 42.5 Å². The fourth-order valence-corrected chi connectivity index (χ4v) is 3.22. The van der Waals surface area contributed by atoms with Crippen LogP contribution in [0.2, 0.25) is 0 Å². The molecular formula is C17H18FNO2S. The van der Waals surface area contributed by atoms with Gasteiger partial charge in [-0.1, -0.05) is 30.3 Å². The van der Waals surface area contributed by atoms with Crippen LogP contribution in [0.5, 0.6) is 0 Å². The highest BCUT2D eigenvalue weighted by atomic mass is 32.2. The fourth-order valence-electron chi connectivity index (χ4n) is 2.20. The maximum Gasteiger partial charge on any atom is 0.237 e. The molecular weight excluding hydrogens is 301 g/mol. The van der Waals surface area contributed by atoms with Gasteiger partial charge >= 0.3 is 0 Å². The van der Waals surface area contributed by atoms with E-state index in [0.29, 0.717) is 5.56 Å². The van der Waals surface area contributed by atoms with Gasteiger partial charge in [0.15, 0.2) is 0 Å². The molecule has 0 aliphatic heterocycles. The Morgan fingerprint density at radius 2 is 1.77 bits per heavy atom. The van der Waals surface area contributed by atoms with Crippen molar-refractivity contribution in [1.29, 1.82) is 0 Å². The molecule has 0 unspecified atom stereocenters. The number of benzene rings is 2. The van der Waals surface area contributed by atoms with Crippen LogP contribution in [-0.2, 0) is 21.3 Å². The minimum absolute atomic E-state index is 0.107. The summed E-state index contributed by atoms with van der Waals surface area (Å²) in [5, 5.41) is 2.80. The molecule has 0 aliphatic rings. The molecule has 1 atom stereocenters. The molecule has 1 amide bonds. The van der Waals surface area contributed by atoms with Crippen molar-refractivity contribution in [1.82, 2.24) is 0 Å². The van der Waals surface area contributed by atoms with Gasteiger partial charge in [-0.3, -0.25) is 9.00 Å². The van der Waals surface area contributed by atoms with E-state index >= 15 is 0 Å². The summed E-state index contributed by atoms with van der Waals surface area (Å²) in [5.74, 6) is -0.607. The van der Waals surface area contributed by atoms with E-state index in [-0.39, 0.29) is 23.2 Å². The van der Waals surface area contributed by atoms with E-state index in [9.17, 15) is 13.4 Å². The molecule has 0 fully saturated rings. The van der Waals surface area contributed by atoms with Crippen molar-refractivity contribution in [2.75, 3.05) is 11.1 Å². The Labute approximate surface area is 132 Å². The Bertz CT molecular complexity index is 695. The monoisotopic (exact) mass is 319 g/mol. The molecule has 0 saturated carbocycles. The third-order valence-electron chi connectivity index (χ3n) is 3.25. The highest BCUT2D eigenvalue weighted by Crippen LogP contribution is 2.19. The molecule has 0 spiro atoms. The normalized spacial score (nSPS) is 12.0. The smallest absolute Gasteiger partial charge is 0.237 e. The van der Waals surface area contributed by atoms with E-state index in [1.165, 1.54) is 12.1 Å². The first-order chi connectivity index (χ1) is 10.5. The Morgan fingerprint density at radius 1 is 1.14 bits per heavy atom. The molecule has 0 aromatic heterocycles. The van der Waals surface area contributed by atoms with Crippen LogP contribution in [0, 0.1) is 19.7 Å². The number of halogens is 1. The van der Waals surface area contributed by atoms with Crippen molar-refractivity contribution in [2.24, 2.45) is 0 Å². The summed E-state index contributed by atoms with van der Waals surface area (Å²) in [6.07, 6.45) is 0. The van der Waals surface area contributed by atoms with Gasteiger partial charge in [0, 0.05) is 22.2 Å². The molecule has 2 aromatic rings. The molecule has 0 radical (unpaired) electrons. The van der Waals surface area contributed by atoms with Gasteiger partial charge in [0.25, 0.3) is 0 Å². The lowest BCUT2D eigenvalue weighted by Gasteiger charge is -2.11. The lowest BCUT2D eigenvalue weighted by Crippen LogP contribution is -2.21. The van der Waals surface area contributed by atoms with Crippen molar-refractivity contribution < 1.29 is 13.4 Å². The van der Waals surface area contributed by atoms with Crippen LogP contribution in [-0.4, -0.2) is 15.9 Å². The minimum Gasteiger partial charge on any atom is -0.325 e. The van der Waals surface area contributed by atoms with Crippen LogP contribution in [0.4, 0.5) is 10.1 Å². The summed E-state index contributed by atoms with van der Waals surface area (Å²) in [7, 11) is -1.37. The van der Waals surface area contributed by atoms with Crippen LogP contribution in [0.25, 0.3) is 0 Å². The topological polar surface area (TPSA) is 46.2 Å². The van der Waals surface area contributed by atoms with E-state index in [1.54, 1.807) is 12.1 Å². The highest BCUT2D eigenvalue weighted by molar-refractivity contribution is 7.84. The first kappa shape index (κ1) is 16.4.